The molecule has 2 N–H and O–H groups in total. The number of fused-ring (bicyclic) bond motifs is 2. The van der Waals surface area contributed by atoms with Gasteiger partial charge >= 0.3 is 0 Å². The zero-order valence-corrected chi connectivity index (χ0v) is 20.9. The van der Waals surface area contributed by atoms with E-state index in [2.05, 4.69) is 60.4 Å². The van der Waals surface area contributed by atoms with Gasteiger partial charge in [-0.25, -0.2) is 0 Å². The molecule has 3 fully saturated rings. The van der Waals surface area contributed by atoms with Gasteiger partial charge < -0.3 is 5.11 Å². The van der Waals surface area contributed by atoms with Gasteiger partial charge in [0, 0.05) is 19.0 Å². The first-order valence-corrected chi connectivity index (χ1v) is 13.6. The summed E-state index contributed by atoms with van der Waals surface area (Å²) in [5.74, 6) is -0.101. The summed E-state index contributed by atoms with van der Waals surface area (Å²) in [6, 6.07) is 21.5. The normalized spacial score (nSPS) is 30.1. The third kappa shape index (κ3) is 4.47. The Bertz CT molecular complexity index is 1080. The topological polar surface area (TPSA) is 94.9 Å². The highest BCUT2D eigenvalue weighted by Crippen LogP contribution is 2.64. The van der Waals surface area contributed by atoms with Crippen molar-refractivity contribution in [1.29, 1.82) is 0 Å². The van der Waals surface area contributed by atoms with Crippen LogP contribution in [0.15, 0.2) is 60.7 Å². The molecular weight excluding hydrogens is 450 g/mol. The lowest BCUT2D eigenvalue weighted by Gasteiger charge is -2.48. The second-order valence-electron chi connectivity index (χ2n) is 10.6. The number of carbonyl (C=O) groups is 1. The number of ketones is 1. The van der Waals surface area contributed by atoms with Crippen LogP contribution in [0, 0.1) is 16.7 Å². The Labute approximate surface area is 202 Å². The summed E-state index contributed by atoms with van der Waals surface area (Å²) in [6.07, 6.45) is 1.77. The Morgan fingerprint density at radius 2 is 1.56 bits per heavy atom. The highest BCUT2D eigenvalue weighted by atomic mass is 32.2. The minimum absolute atomic E-state index is 0.0152. The molecule has 2 aromatic rings. The van der Waals surface area contributed by atoms with Crippen LogP contribution in [-0.2, 0) is 14.9 Å². The number of likely N-dealkylation sites (tertiary alicyclic amines) is 1. The van der Waals surface area contributed by atoms with E-state index in [-0.39, 0.29) is 35.3 Å². The Morgan fingerprint density at radius 3 is 1.91 bits per heavy atom. The van der Waals surface area contributed by atoms with Gasteiger partial charge in [-0.3, -0.25) is 14.2 Å². The summed E-state index contributed by atoms with van der Waals surface area (Å²) in [4.78, 5) is 14.2. The van der Waals surface area contributed by atoms with Crippen molar-refractivity contribution in [3.63, 3.8) is 0 Å². The van der Waals surface area contributed by atoms with E-state index in [1.165, 1.54) is 11.1 Å². The van der Waals surface area contributed by atoms with E-state index in [4.69, 9.17) is 4.55 Å². The quantitative estimate of drug-likeness (QED) is 0.619. The van der Waals surface area contributed by atoms with Crippen LogP contribution in [0.1, 0.15) is 57.2 Å². The van der Waals surface area contributed by atoms with Crippen LogP contribution in [0.4, 0.5) is 0 Å². The van der Waals surface area contributed by atoms with Gasteiger partial charge in [-0.15, -0.1) is 0 Å². The molecule has 1 heterocycles. The molecule has 1 unspecified atom stereocenters. The number of aliphatic hydroxyl groups excluding tert-OH is 1. The molecule has 1 saturated heterocycles. The number of aliphatic hydroxyl groups is 1. The summed E-state index contributed by atoms with van der Waals surface area (Å²) in [5.41, 5.74) is 1.45. The van der Waals surface area contributed by atoms with Crippen LogP contribution in [0.5, 0.6) is 0 Å². The van der Waals surface area contributed by atoms with E-state index in [0.29, 0.717) is 12.8 Å². The number of hydrogen-bond donors (Lipinski definition) is 2. The Morgan fingerprint density at radius 1 is 1.03 bits per heavy atom. The maximum absolute atomic E-state index is 11.9. The molecule has 5 rings (SSSR count). The van der Waals surface area contributed by atoms with Gasteiger partial charge in [0.05, 0.1) is 23.3 Å². The monoisotopic (exact) mass is 485 g/mol. The molecule has 0 radical (unpaired) electrons. The standard InChI is InChI=1S/C17H19NO.C10H16O4S/c1-13-16(19)12-18(13)17(14-8-4-2-5-9-14)15-10-6-3-7-11-15;1-9(2)7-3-4-10(9,8(11)5-7)6-15(12,13)14/h2-11,13,16-17,19H,12H2,1H3;7H,3-6H2,1-2H3,(H,12,13,14)/t13-,16+;7?,10-/m00/s1. The van der Waals surface area contributed by atoms with Gasteiger partial charge in [0.15, 0.2) is 0 Å². The molecule has 2 bridgehead atoms. The molecule has 2 aromatic carbocycles. The van der Waals surface area contributed by atoms with Gasteiger partial charge in [0.1, 0.15) is 5.78 Å². The van der Waals surface area contributed by atoms with Crippen LogP contribution in [0.3, 0.4) is 0 Å². The predicted octanol–water partition coefficient (Wildman–Crippen LogP) is 4.11. The molecule has 6 nitrogen and oxygen atoms in total. The first-order chi connectivity index (χ1) is 16.0. The first kappa shape index (κ1) is 25.0. The lowest BCUT2D eigenvalue weighted by molar-refractivity contribution is -0.128. The number of β-amino-alcohol motifs (C(OH)–C–C–N with tert-alkyl or cyclic N) is 1. The zero-order valence-electron chi connectivity index (χ0n) is 20.1. The molecule has 0 amide bonds. The highest BCUT2D eigenvalue weighted by molar-refractivity contribution is 7.85. The smallest absolute Gasteiger partial charge is 0.265 e. The van der Waals surface area contributed by atoms with Crippen molar-refractivity contribution >= 4 is 15.9 Å². The molecular formula is C27H35NO5S. The zero-order chi connectivity index (χ0) is 24.7. The molecule has 0 aromatic heterocycles. The summed E-state index contributed by atoms with van der Waals surface area (Å²) >= 11 is 0. The van der Waals surface area contributed by atoms with Crippen molar-refractivity contribution < 1.29 is 22.9 Å². The fourth-order valence-electron chi connectivity index (χ4n) is 6.22. The lowest BCUT2D eigenvalue weighted by Crippen LogP contribution is -2.59. The maximum Gasteiger partial charge on any atom is 0.265 e. The molecule has 2 saturated carbocycles. The molecule has 0 spiro atoms. The van der Waals surface area contributed by atoms with Gasteiger partial charge in [-0.05, 0) is 42.2 Å². The Kier molecular flexibility index (Phi) is 6.77. The van der Waals surface area contributed by atoms with Crippen molar-refractivity contribution in [2.45, 2.75) is 58.2 Å². The predicted molar refractivity (Wildman–Crippen MR) is 132 cm³/mol. The molecule has 4 atom stereocenters. The van der Waals surface area contributed by atoms with E-state index in [9.17, 15) is 18.3 Å². The van der Waals surface area contributed by atoms with Gasteiger partial charge in [-0.1, -0.05) is 74.5 Å². The van der Waals surface area contributed by atoms with Crippen LogP contribution < -0.4 is 0 Å². The van der Waals surface area contributed by atoms with E-state index >= 15 is 0 Å². The fraction of sp³-hybridized carbons (Fsp3) is 0.519. The number of rotatable bonds is 5. The second kappa shape index (κ2) is 9.19. The number of benzene rings is 2. The molecule has 3 aliphatic rings. The van der Waals surface area contributed by atoms with E-state index in [0.717, 1.165) is 13.0 Å². The number of hydrogen-bond acceptors (Lipinski definition) is 5. The van der Waals surface area contributed by atoms with Crippen LogP contribution in [0.2, 0.25) is 0 Å². The van der Waals surface area contributed by atoms with Crippen molar-refractivity contribution in [2.75, 3.05) is 12.3 Å². The van der Waals surface area contributed by atoms with E-state index in [1.807, 2.05) is 26.0 Å². The number of Topliss-reactive ketones (excluding diaryl/α,β-unsaturated/α-hetero) is 1. The average Bonchev–Trinajstić information content (AvgIpc) is 3.14. The summed E-state index contributed by atoms with van der Waals surface area (Å²) < 4.78 is 31.0. The third-order valence-corrected chi connectivity index (χ3v) is 9.47. The Hall–Kier alpha value is -2.06. The van der Waals surface area contributed by atoms with Gasteiger partial charge in [0.2, 0.25) is 0 Å². The molecule has 184 valence electrons. The fourth-order valence-corrected chi connectivity index (χ4v) is 7.52. The van der Waals surface area contributed by atoms with Gasteiger partial charge in [-0.2, -0.15) is 8.42 Å². The van der Waals surface area contributed by atoms with E-state index in [1.54, 1.807) is 0 Å². The summed E-state index contributed by atoms with van der Waals surface area (Å²) in [7, 11) is -4.08. The largest absolute Gasteiger partial charge is 0.390 e. The maximum atomic E-state index is 11.9. The number of carbonyl (C=O) groups excluding carboxylic acids is 1. The molecule has 7 heteroatoms. The van der Waals surface area contributed by atoms with Crippen LogP contribution >= 0.6 is 0 Å². The molecule has 2 aliphatic carbocycles. The summed E-state index contributed by atoms with van der Waals surface area (Å²) in [6.45, 7) is 6.73. The van der Waals surface area contributed by atoms with Gasteiger partial charge in [0.25, 0.3) is 10.1 Å². The van der Waals surface area contributed by atoms with Crippen molar-refractivity contribution in [2.24, 2.45) is 16.7 Å². The number of nitrogens with zero attached hydrogens (tertiary/aromatic N) is 1. The molecule has 1 aliphatic heterocycles. The van der Waals surface area contributed by atoms with Crippen LogP contribution in [-0.4, -0.2) is 53.2 Å². The van der Waals surface area contributed by atoms with Crippen molar-refractivity contribution in [3.05, 3.63) is 71.8 Å². The van der Waals surface area contributed by atoms with Crippen molar-refractivity contribution in [1.82, 2.24) is 4.90 Å². The molecule has 34 heavy (non-hydrogen) atoms. The second-order valence-corrected chi connectivity index (χ2v) is 12.1. The minimum Gasteiger partial charge on any atom is -0.390 e. The minimum atomic E-state index is -4.08. The van der Waals surface area contributed by atoms with Crippen LogP contribution in [0.25, 0.3) is 0 Å². The Balaban J connectivity index is 0.000000166. The van der Waals surface area contributed by atoms with E-state index < -0.39 is 21.3 Å². The summed E-state index contributed by atoms with van der Waals surface area (Å²) in [5, 5.41) is 9.79. The first-order valence-electron chi connectivity index (χ1n) is 12.0. The highest BCUT2D eigenvalue weighted by Gasteiger charge is 2.65. The third-order valence-electron chi connectivity index (χ3n) is 8.61. The lowest BCUT2D eigenvalue weighted by atomic mass is 9.70. The SMILES string of the molecule is CC1(C)C2CC[C@]1(CS(=O)(=O)O)C(=O)C2.C[C@H]1[C@H](O)CN1C(c1ccccc1)c1ccccc1. The average molecular weight is 486 g/mol. The van der Waals surface area contributed by atoms with Crippen molar-refractivity contribution in [3.8, 4) is 0 Å².